The van der Waals surface area contributed by atoms with E-state index < -0.39 is 0 Å². The molecule has 17 heavy (non-hydrogen) atoms. The van der Waals surface area contributed by atoms with E-state index >= 15 is 0 Å². The molecule has 0 saturated carbocycles. The lowest BCUT2D eigenvalue weighted by molar-refractivity contribution is 0.189. The van der Waals surface area contributed by atoms with E-state index in [4.69, 9.17) is 10.5 Å². The van der Waals surface area contributed by atoms with Crippen molar-refractivity contribution >= 4 is 22.5 Å². The number of ether oxygens (including phenoxy) is 1. The highest BCUT2D eigenvalue weighted by Crippen LogP contribution is 2.19. The Morgan fingerprint density at radius 2 is 2.59 bits per heavy atom. The second-order valence-corrected chi connectivity index (χ2v) is 4.88. The smallest absolute Gasteiger partial charge is 0.321 e. The van der Waals surface area contributed by atoms with Gasteiger partial charge in [-0.25, -0.2) is 9.78 Å². The second-order valence-electron chi connectivity index (χ2n) is 4.03. The summed E-state index contributed by atoms with van der Waals surface area (Å²) < 4.78 is 5.17. The molecule has 2 atom stereocenters. The third-order valence-electron chi connectivity index (χ3n) is 2.47. The number of aromatic nitrogens is 1. The molecule has 7 heteroatoms. The average molecular weight is 256 g/mol. The molecule has 0 aliphatic carbocycles. The number of nitrogens with two attached hydrogens (primary N) is 1. The fourth-order valence-electron chi connectivity index (χ4n) is 1.52. The molecule has 2 amide bonds. The van der Waals surface area contributed by atoms with Crippen molar-refractivity contribution in [2.24, 2.45) is 5.73 Å². The monoisotopic (exact) mass is 256 g/mol. The minimum atomic E-state index is -0.244. The van der Waals surface area contributed by atoms with E-state index in [2.05, 4.69) is 15.6 Å². The number of rotatable bonds is 3. The highest BCUT2D eigenvalue weighted by Gasteiger charge is 2.18. The molecule has 0 spiro atoms. The molecule has 4 N–H and O–H groups in total. The van der Waals surface area contributed by atoms with Gasteiger partial charge in [-0.1, -0.05) is 0 Å². The molecule has 1 aliphatic rings. The van der Waals surface area contributed by atoms with E-state index in [9.17, 15) is 4.79 Å². The maximum Gasteiger partial charge on any atom is 0.321 e. The molecule has 0 bridgehead atoms. The number of carbonyl (C=O) groups is 1. The molecule has 1 saturated heterocycles. The predicted molar refractivity (Wildman–Crippen MR) is 66.1 cm³/mol. The lowest BCUT2D eigenvalue weighted by Crippen LogP contribution is -2.38. The van der Waals surface area contributed by atoms with Crippen LogP contribution in [0, 0.1) is 0 Å². The van der Waals surface area contributed by atoms with Crippen molar-refractivity contribution in [2.45, 2.75) is 25.4 Å². The van der Waals surface area contributed by atoms with Gasteiger partial charge in [0.05, 0.1) is 18.3 Å². The molecule has 2 heterocycles. The van der Waals surface area contributed by atoms with Crippen LogP contribution in [0.15, 0.2) is 5.38 Å². The first kappa shape index (κ1) is 12.3. The fourth-order valence-corrected chi connectivity index (χ4v) is 2.33. The van der Waals surface area contributed by atoms with Gasteiger partial charge in [-0.15, -0.1) is 11.3 Å². The van der Waals surface area contributed by atoms with E-state index in [1.165, 1.54) is 11.3 Å². The van der Waals surface area contributed by atoms with E-state index in [0.717, 1.165) is 12.1 Å². The summed E-state index contributed by atoms with van der Waals surface area (Å²) in [5, 5.41) is 7.93. The Morgan fingerprint density at radius 3 is 3.18 bits per heavy atom. The molecule has 1 aromatic rings. The summed E-state index contributed by atoms with van der Waals surface area (Å²) >= 11 is 1.37. The first-order valence-electron chi connectivity index (χ1n) is 5.51. The topological polar surface area (TPSA) is 89.3 Å². The predicted octanol–water partition coefficient (Wildman–Crippen LogP) is 1.07. The van der Waals surface area contributed by atoms with E-state index in [0.29, 0.717) is 18.3 Å². The average Bonchev–Trinajstić information content (AvgIpc) is 2.88. The Bertz CT molecular complexity index is 387. The van der Waals surface area contributed by atoms with Crippen molar-refractivity contribution in [1.29, 1.82) is 0 Å². The molecular weight excluding hydrogens is 240 g/mol. The van der Waals surface area contributed by atoms with E-state index in [1.54, 1.807) is 0 Å². The van der Waals surface area contributed by atoms with Crippen LogP contribution in [0.2, 0.25) is 0 Å². The van der Waals surface area contributed by atoms with Gasteiger partial charge in [0, 0.05) is 18.0 Å². The van der Waals surface area contributed by atoms with Gasteiger partial charge in [0.2, 0.25) is 0 Å². The summed E-state index contributed by atoms with van der Waals surface area (Å²) in [7, 11) is 0. The van der Waals surface area contributed by atoms with Crippen LogP contribution in [-0.2, 0) is 4.74 Å². The van der Waals surface area contributed by atoms with Crippen LogP contribution < -0.4 is 16.4 Å². The van der Waals surface area contributed by atoms with Crippen molar-refractivity contribution in [3.8, 4) is 0 Å². The largest absolute Gasteiger partial charge is 0.379 e. The maximum atomic E-state index is 11.6. The highest BCUT2D eigenvalue weighted by atomic mass is 32.1. The Kier molecular flexibility index (Phi) is 3.93. The lowest BCUT2D eigenvalue weighted by atomic mass is 10.3. The van der Waals surface area contributed by atoms with Gasteiger partial charge >= 0.3 is 6.03 Å². The summed E-state index contributed by atoms with van der Waals surface area (Å²) in [6.07, 6.45) is 0.858. The van der Waals surface area contributed by atoms with Gasteiger partial charge in [0.15, 0.2) is 5.13 Å². The number of hydrogen-bond acceptors (Lipinski definition) is 5. The highest BCUT2D eigenvalue weighted by molar-refractivity contribution is 7.13. The number of nitrogens with zero attached hydrogens (tertiary/aromatic N) is 1. The number of hydrogen-bond donors (Lipinski definition) is 3. The summed E-state index contributed by atoms with van der Waals surface area (Å²) in [5.74, 6) is 0. The van der Waals surface area contributed by atoms with E-state index in [1.807, 2.05) is 12.3 Å². The number of amides is 2. The molecule has 2 rings (SSSR count). The van der Waals surface area contributed by atoms with Gasteiger partial charge in [-0.2, -0.15) is 0 Å². The van der Waals surface area contributed by atoms with Crippen molar-refractivity contribution in [1.82, 2.24) is 10.3 Å². The quantitative estimate of drug-likeness (QED) is 0.754. The number of urea groups is 1. The normalized spacial score (nSPS) is 21.2. The summed E-state index contributed by atoms with van der Waals surface area (Å²) in [6.45, 7) is 3.14. The van der Waals surface area contributed by atoms with Gasteiger partial charge in [0.25, 0.3) is 0 Å². The third kappa shape index (κ3) is 3.39. The SMILES string of the molecule is CC(N)c1csc(NC(=O)NC2CCOC2)n1. The summed E-state index contributed by atoms with van der Waals surface area (Å²) in [5.41, 5.74) is 6.48. The zero-order valence-electron chi connectivity index (χ0n) is 9.60. The first-order valence-corrected chi connectivity index (χ1v) is 6.39. The zero-order valence-corrected chi connectivity index (χ0v) is 10.4. The molecule has 0 aromatic carbocycles. The molecular formula is C10H16N4O2S. The van der Waals surface area contributed by atoms with Crippen LogP contribution in [-0.4, -0.2) is 30.3 Å². The number of carbonyl (C=O) groups excluding carboxylic acids is 1. The standard InChI is InChI=1S/C10H16N4O2S/c1-6(11)8-5-17-10(13-8)14-9(15)12-7-2-3-16-4-7/h5-7H,2-4,11H2,1H3,(H2,12,13,14,15). The Labute approximate surface area is 104 Å². The Balaban J connectivity index is 1.84. The summed E-state index contributed by atoms with van der Waals surface area (Å²) in [6, 6.07) is -0.262. The van der Waals surface area contributed by atoms with Crippen molar-refractivity contribution in [3.05, 3.63) is 11.1 Å². The Hall–Kier alpha value is -1.18. The minimum absolute atomic E-state index is 0.0999. The van der Waals surface area contributed by atoms with Gasteiger partial charge in [-0.05, 0) is 13.3 Å². The van der Waals surface area contributed by atoms with Gasteiger partial charge < -0.3 is 15.8 Å². The second kappa shape index (κ2) is 5.44. The van der Waals surface area contributed by atoms with Crippen LogP contribution in [0.3, 0.4) is 0 Å². The van der Waals surface area contributed by atoms with Crippen LogP contribution in [0.5, 0.6) is 0 Å². The van der Waals surface area contributed by atoms with Crippen LogP contribution in [0.4, 0.5) is 9.93 Å². The Morgan fingerprint density at radius 1 is 1.76 bits per heavy atom. The molecule has 1 aliphatic heterocycles. The van der Waals surface area contributed by atoms with Crippen LogP contribution in [0.25, 0.3) is 0 Å². The molecule has 6 nitrogen and oxygen atoms in total. The number of nitrogens with one attached hydrogen (secondary N) is 2. The van der Waals surface area contributed by atoms with Gasteiger partial charge in [-0.3, -0.25) is 5.32 Å². The number of anilines is 1. The van der Waals surface area contributed by atoms with Crippen molar-refractivity contribution < 1.29 is 9.53 Å². The molecule has 94 valence electrons. The molecule has 1 aromatic heterocycles. The first-order chi connectivity index (χ1) is 8.15. The maximum absolute atomic E-state index is 11.6. The number of thiazole rings is 1. The van der Waals surface area contributed by atoms with Crippen LogP contribution in [0.1, 0.15) is 25.1 Å². The molecule has 1 fully saturated rings. The zero-order chi connectivity index (χ0) is 12.3. The summed E-state index contributed by atoms with van der Waals surface area (Å²) in [4.78, 5) is 15.8. The van der Waals surface area contributed by atoms with Crippen molar-refractivity contribution in [3.63, 3.8) is 0 Å². The lowest BCUT2D eigenvalue weighted by Gasteiger charge is -2.10. The fraction of sp³-hybridized carbons (Fsp3) is 0.600. The van der Waals surface area contributed by atoms with E-state index in [-0.39, 0.29) is 18.1 Å². The minimum Gasteiger partial charge on any atom is -0.379 e. The van der Waals surface area contributed by atoms with Gasteiger partial charge in [0.1, 0.15) is 0 Å². The molecule has 0 radical (unpaired) electrons. The molecule has 2 unspecified atom stereocenters. The third-order valence-corrected chi connectivity index (χ3v) is 3.25. The van der Waals surface area contributed by atoms with Crippen LogP contribution >= 0.6 is 11.3 Å². The van der Waals surface area contributed by atoms with Crippen molar-refractivity contribution in [2.75, 3.05) is 18.5 Å².